The lowest BCUT2D eigenvalue weighted by Crippen LogP contribution is -2.25. The maximum absolute atomic E-state index is 13.8. The summed E-state index contributed by atoms with van der Waals surface area (Å²) in [7, 11) is 0. The van der Waals surface area contributed by atoms with Gasteiger partial charge < -0.3 is 9.84 Å². The summed E-state index contributed by atoms with van der Waals surface area (Å²) in [4.78, 5) is 16.3. The lowest BCUT2D eigenvalue weighted by Gasteiger charge is -2.12. The highest BCUT2D eigenvalue weighted by Gasteiger charge is 2.17. The highest BCUT2D eigenvalue weighted by molar-refractivity contribution is 6.30. The summed E-state index contributed by atoms with van der Waals surface area (Å²) in [6.07, 6.45) is 3.44. The molecule has 0 bridgehead atoms. The molecule has 0 spiro atoms. The maximum Gasteiger partial charge on any atom is 0.292 e. The number of hydrogen-bond acceptors (Lipinski definition) is 4. The first kappa shape index (κ1) is 22.6. The van der Waals surface area contributed by atoms with Gasteiger partial charge in [0.2, 0.25) is 5.89 Å². The molecule has 1 N–H and O–H groups in total. The van der Waals surface area contributed by atoms with E-state index in [1.807, 2.05) is 32.0 Å². The van der Waals surface area contributed by atoms with Gasteiger partial charge in [-0.1, -0.05) is 48.0 Å². The van der Waals surface area contributed by atoms with E-state index in [1.54, 1.807) is 0 Å². The highest BCUT2D eigenvalue weighted by atomic mass is 35.5. The van der Waals surface area contributed by atoms with Gasteiger partial charge in [0.15, 0.2) is 11.6 Å². The fourth-order valence-electron chi connectivity index (χ4n) is 3.19. The average molecular weight is 446 g/mol. The molecule has 0 unspecified atom stereocenters. The van der Waals surface area contributed by atoms with Gasteiger partial charge in [0.05, 0.1) is 6.42 Å². The Labute approximate surface area is 184 Å². The molecule has 3 rings (SSSR count). The Morgan fingerprint density at radius 2 is 2.06 bits per heavy atom. The minimum absolute atomic E-state index is 0.0239. The van der Waals surface area contributed by atoms with Crippen molar-refractivity contribution in [3.63, 3.8) is 0 Å². The van der Waals surface area contributed by atoms with Crippen molar-refractivity contribution in [3.8, 4) is 0 Å². The van der Waals surface area contributed by atoms with Crippen molar-refractivity contribution in [1.29, 1.82) is 0 Å². The number of carbonyl (C=O) groups is 1. The molecule has 162 valence electrons. The number of carbonyl (C=O) groups excluding carboxylic acids is 1. The zero-order valence-corrected chi connectivity index (χ0v) is 18.0. The van der Waals surface area contributed by atoms with Crippen molar-refractivity contribution in [2.75, 3.05) is 6.54 Å². The Hall–Kier alpha value is -3.06. The van der Waals surface area contributed by atoms with Crippen LogP contribution in [0.25, 0.3) is 5.57 Å². The third kappa shape index (κ3) is 5.76. The summed E-state index contributed by atoms with van der Waals surface area (Å²) >= 11 is 6.14. The molecule has 0 atom stereocenters. The Kier molecular flexibility index (Phi) is 7.52. The first-order valence-corrected chi connectivity index (χ1v) is 10.3. The molecule has 2 aromatic carbocycles. The van der Waals surface area contributed by atoms with Crippen molar-refractivity contribution in [1.82, 2.24) is 15.5 Å². The Morgan fingerprint density at radius 1 is 1.26 bits per heavy atom. The molecule has 5 nitrogen and oxygen atoms in total. The van der Waals surface area contributed by atoms with Crippen LogP contribution < -0.4 is 5.32 Å². The molecular formula is C23H22ClF2N3O2. The number of benzene rings is 2. The molecule has 0 saturated carbocycles. The second kappa shape index (κ2) is 10.3. The molecule has 0 fully saturated rings. The number of nitrogens with one attached hydrogen (secondary N) is 1. The van der Waals surface area contributed by atoms with Crippen molar-refractivity contribution in [3.05, 3.63) is 87.5 Å². The first-order chi connectivity index (χ1) is 14.9. The topological polar surface area (TPSA) is 68.0 Å². The third-order valence-electron chi connectivity index (χ3n) is 4.72. The number of allylic oxidation sites excluding steroid dienone is 1. The van der Waals surface area contributed by atoms with Crippen LogP contribution in [0.3, 0.4) is 0 Å². The van der Waals surface area contributed by atoms with Crippen molar-refractivity contribution in [2.45, 2.75) is 33.1 Å². The zero-order chi connectivity index (χ0) is 22.4. The summed E-state index contributed by atoms with van der Waals surface area (Å²) < 4.78 is 32.1. The van der Waals surface area contributed by atoms with Gasteiger partial charge in [-0.3, -0.25) is 4.79 Å². The molecular weight excluding hydrogens is 424 g/mol. The second-order valence-electron chi connectivity index (χ2n) is 7.00. The van der Waals surface area contributed by atoms with Gasteiger partial charge in [-0.25, -0.2) is 8.78 Å². The standard InChI is InChI=1S/C23H22ClF2N3O2/c1-3-5-15(18-13-17(24)9-8-14(18)2)10-11-27-23(30)22-28-20(31-29-22)12-16-6-4-7-19(25)21(16)26/h4-9,13H,3,10-12H2,1-2H3,(H,27,30)/b15-5-. The molecule has 3 aromatic rings. The van der Waals surface area contributed by atoms with Gasteiger partial charge >= 0.3 is 0 Å². The third-order valence-corrected chi connectivity index (χ3v) is 4.96. The molecule has 8 heteroatoms. The van der Waals surface area contributed by atoms with E-state index in [2.05, 4.69) is 21.5 Å². The van der Waals surface area contributed by atoms with Crippen molar-refractivity contribution < 1.29 is 18.1 Å². The monoisotopic (exact) mass is 445 g/mol. The minimum Gasteiger partial charge on any atom is -0.349 e. The predicted octanol–water partition coefficient (Wildman–Crippen LogP) is 5.51. The molecule has 1 amide bonds. The first-order valence-electron chi connectivity index (χ1n) is 9.88. The highest BCUT2D eigenvalue weighted by Crippen LogP contribution is 2.25. The van der Waals surface area contributed by atoms with Crippen molar-refractivity contribution in [2.24, 2.45) is 0 Å². The molecule has 0 aliphatic heterocycles. The van der Waals surface area contributed by atoms with Crippen LogP contribution >= 0.6 is 11.6 Å². The molecule has 0 aliphatic carbocycles. The molecule has 0 radical (unpaired) electrons. The minimum atomic E-state index is -0.974. The normalized spacial score (nSPS) is 11.6. The second-order valence-corrected chi connectivity index (χ2v) is 7.44. The van der Waals surface area contributed by atoms with Crippen LogP contribution in [0.2, 0.25) is 5.02 Å². The summed E-state index contributed by atoms with van der Waals surface area (Å²) in [6.45, 7) is 4.41. The SMILES string of the molecule is CC/C=C(/CCNC(=O)c1noc(Cc2cccc(F)c2F)n1)c1cc(Cl)ccc1C. The summed E-state index contributed by atoms with van der Waals surface area (Å²) in [6, 6.07) is 9.55. The largest absolute Gasteiger partial charge is 0.349 e. The van der Waals surface area contributed by atoms with E-state index in [0.29, 0.717) is 18.0 Å². The van der Waals surface area contributed by atoms with Gasteiger partial charge in [0.1, 0.15) is 0 Å². The molecule has 0 saturated heterocycles. The van der Waals surface area contributed by atoms with Crippen LogP contribution in [0.4, 0.5) is 8.78 Å². The van der Waals surface area contributed by atoms with Gasteiger partial charge in [-0.05, 0) is 54.7 Å². The van der Waals surface area contributed by atoms with Crippen LogP contribution in [0.5, 0.6) is 0 Å². The van der Waals surface area contributed by atoms with E-state index in [4.69, 9.17) is 16.1 Å². The van der Waals surface area contributed by atoms with Gasteiger partial charge in [-0.15, -0.1) is 0 Å². The number of aromatic nitrogens is 2. The van der Waals surface area contributed by atoms with Gasteiger partial charge in [0, 0.05) is 17.1 Å². The van der Waals surface area contributed by atoms with E-state index in [-0.39, 0.29) is 23.7 Å². The van der Waals surface area contributed by atoms with Crippen LogP contribution in [0.1, 0.15) is 53.0 Å². The molecule has 31 heavy (non-hydrogen) atoms. The van der Waals surface area contributed by atoms with Crippen molar-refractivity contribution >= 4 is 23.1 Å². The number of halogens is 3. The number of aryl methyl sites for hydroxylation is 1. The number of hydrogen-bond donors (Lipinski definition) is 1. The lowest BCUT2D eigenvalue weighted by atomic mass is 9.97. The average Bonchev–Trinajstić information content (AvgIpc) is 3.21. The number of amides is 1. The summed E-state index contributed by atoms with van der Waals surface area (Å²) in [5.74, 6) is -2.57. The van der Waals surface area contributed by atoms with Crippen LogP contribution in [0, 0.1) is 18.6 Å². The molecule has 0 aliphatic rings. The van der Waals surface area contributed by atoms with E-state index in [0.717, 1.165) is 29.2 Å². The summed E-state index contributed by atoms with van der Waals surface area (Å²) in [5.41, 5.74) is 3.30. The number of rotatable bonds is 8. The zero-order valence-electron chi connectivity index (χ0n) is 17.2. The van der Waals surface area contributed by atoms with E-state index < -0.39 is 17.5 Å². The fraction of sp³-hybridized carbons (Fsp3) is 0.261. The van der Waals surface area contributed by atoms with E-state index in [9.17, 15) is 13.6 Å². The van der Waals surface area contributed by atoms with E-state index >= 15 is 0 Å². The van der Waals surface area contributed by atoms with Crippen LogP contribution in [-0.2, 0) is 6.42 Å². The van der Waals surface area contributed by atoms with Gasteiger partial charge in [0.25, 0.3) is 11.7 Å². The Balaban J connectivity index is 1.61. The molecule has 1 heterocycles. The fourth-order valence-corrected chi connectivity index (χ4v) is 3.36. The Morgan fingerprint density at radius 3 is 2.84 bits per heavy atom. The molecule has 1 aromatic heterocycles. The Bertz CT molecular complexity index is 1110. The smallest absolute Gasteiger partial charge is 0.292 e. The summed E-state index contributed by atoms with van der Waals surface area (Å²) in [5, 5.41) is 7.05. The number of nitrogens with zero attached hydrogens (tertiary/aromatic N) is 2. The maximum atomic E-state index is 13.8. The predicted molar refractivity (Wildman–Crippen MR) is 115 cm³/mol. The van der Waals surface area contributed by atoms with E-state index in [1.165, 1.54) is 12.1 Å². The van der Waals surface area contributed by atoms with Crippen LogP contribution in [0.15, 0.2) is 47.0 Å². The quantitative estimate of drug-likeness (QED) is 0.496. The van der Waals surface area contributed by atoms with Crippen LogP contribution in [-0.4, -0.2) is 22.6 Å². The lowest BCUT2D eigenvalue weighted by molar-refractivity contribution is 0.0941. The van der Waals surface area contributed by atoms with Gasteiger partial charge in [-0.2, -0.15) is 4.98 Å².